The van der Waals surface area contributed by atoms with Crippen LogP contribution in [0.25, 0.3) is 22.2 Å². The van der Waals surface area contributed by atoms with Gasteiger partial charge in [0.25, 0.3) is 0 Å². The summed E-state index contributed by atoms with van der Waals surface area (Å²) >= 11 is 0. The molecule has 1 heterocycles. The van der Waals surface area contributed by atoms with E-state index in [1.54, 1.807) is 12.1 Å². The van der Waals surface area contributed by atoms with Crippen LogP contribution in [-0.4, -0.2) is 28.1 Å². The molecule has 4 rings (SSSR count). The van der Waals surface area contributed by atoms with Gasteiger partial charge in [-0.05, 0) is 60.7 Å². The summed E-state index contributed by atoms with van der Waals surface area (Å²) in [7, 11) is 0. The molecule has 1 amide bonds. The Labute approximate surface area is 151 Å². The number of hydrogen-bond acceptors (Lipinski definition) is 2. The summed E-state index contributed by atoms with van der Waals surface area (Å²) in [5.41, 5.74) is 3.86. The second-order valence-corrected chi connectivity index (χ2v) is 6.85. The summed E-state index contributed by atoms with van der Waals surface area (Å²) in [5.74, 6) is -0.325. The summed E-state index contributed by atoms with van der Waals surface area (Å²) in [5, 5.41) is 13.6. The van der Waals surface area contributed by atoms with Crippen molar-refractivity contribution >= 4 is 16.8 Å². The van der Waals surface area contributed by atoms with Crippen molar-refractivity contribution in [2.24, 2.45) is 0 Å². The first-order chi connectivity index (χ1) is 12.6. The Bertz CT molecular complexity index is 933. The van der Waals surface area contributed by atoms with Gasteiger partial charge >= 0.3 is 0 Å². The number of halogens is 1. The van der Waals surface area contributed by atoms with Gasteiger partial charge in [0.15, 0.2) is 0 Å². The number of amides is 1. The van der Waals surface area contributed by atoms with Crippen molar-refractivity contribution in [3.8, 4) is 11.3 Å². The molecule has 5 heteroatoms. The molecule has 2 unspecified atom stereocenters. The van der Waals surface area contributed by atoms with Gasteiger partial charge in [-0.2, -0.15) is 0 Å². The van der Waals surface area contributed by atoms with E-state index in [2.05, 4.69) is 10.3 Å². The fourth-order valence-electron chi connectivity index (χ4n) is 3.49. The van der Waals surface area contributed by atoms with Crippen molar-refractivity contribution < 1.29 is 14.3 Å². The number of carbonyl (C=O) groups is 1. The Morgan fingerprint density at radius 3 is 2.62 bits per heavy atom. The number of hydrogen-bond donors (Lipinski definition) is 3. The maximum Gasteiger partial charge on any atom is 0.220 e. The lowest BCUT2D eigenvalue weighted by molar-refractivity contribution is -0.123. The fourth-order valence-corrected chi connectivity index (χ4v) is 3.49. The predicted octanol–water partition coefficient (Wildman–Crippen LogP) is 3.55. The van der Waals surface area contributed by atoms with Crippen molar-refractivity contribution in [2.45, 2.75) is 37.8 Å². The quantitative estimate of drug-likeness (QED) is 0.657. The van der Waals surface area contributed by atoms with Gasteiger partial charge < -0.3 is 15.4 Å². The molecule has 3 N–H and O–H groups in total. The molecule has 1 saturated carbocycles. The first-order valence-corrected chi connectivity index (χ1v) is 8.95. The highest BCUT2D eigenvalue weighted by Gasteiger charge is 2.29. The van der Waals surface area contributed by atoms with Crippen LogP contribution in [0.15, 0.2) is 48.5 Å². The second-order valence-electron chi connectivity index (χ2n) is 6.85. The highest BCUT2D eigenvalue weighted by Crippen LogP contribution is 2.31. The number of aromatic amines is 1. The van der Waals surface area contributed by atoms with Gasteiger partial charge in [0.2, 0.25) is 5.91 Å². The minimum atomic E-state index is -0.415. The standard InChI is InChI=1S/C21H21FN2O2/c22-14-7-5-13(6-8-14)21-16(15-3-1-2-4-17(15)24-21)9-12-20(26)23-18-10-11-19(18)25/h1-8,18-19,24-25H,9-12H2,(H,23,26). The molecule has 4 nitrogen and oxygen atoms in total. The maximum absolute atomic E-state index is 13.3. The lowest BCUT2D eigenvalue weighted by Gasteiger charge is -2.32. The number of nitrogens with one attached hydrogen (secondary N) is 2. The monoisotopic (exact) mass is 352 g/mol. The lowest BCUT2D eigenvalue weighted by atomic mass is 9.89. The molecule has 134 valence electrons. The Balaban J connectivity index is 1.59. The number of carbonyl (C=O) groups excluding carboxylic acids is 1. The molecule has 26 heavy (non-hydrogen) atoms. The van der Waals surface area contributed by atoms with Crippen LogP contribution in [0.4, 0.5) is 4.39 Å². The van der Waals surface area contributed by atoms with Gasteiger partial charge in [0.1, 0.15) is 5.82 Å². The highest BCUT2D eigenvalue weighted by atomic mass is 19.1. The number of aliphatic hydroxyl groups is 1. The molecule has 2 aromatic carbocycles. The average Bonchev–Trinajstić information content (AvgIpc) is 3.02. The SMILES string of the molecule is O=C(CCc1c(-c2ccc(F)cc2)[nH]c2ccccc12)NC1CCC1O. The summed E-state index contributed by atoms with van der Waals surface area (Å²) < 4.78 is 13.3. The van der Waals surface area contributed by atoms with Gasteiger partial charge in [-0.3, -0.25) is 4.79 Å². The number of aryl methyl sites for hydroxylation is 1. The third-order valence-electron chi connectivity index (χ3n) is 5.13. The van der Waals surface area contributed by atoms with Crippen LogP contribution < -0.4 is 5.32 Å². The predicted molar refractivity (Wildman–Crippen MR) is 99.2 cm³/mol. The summed E-state index contributed by atoms with van der Waals surface area (Å²) in [6.45, 7) is 0. The zero-order valence-corrected chi connectivity index (χ0v) is 14.3. The number of aliphatic hydroxyl groups excluding tert-OH is 1. The van der Waals surface area contributed by atoms with Crippen molar-refractivity contribution in [2.75, 3.05) is 0 Å². The number of para-hydroxylation sites is 1. The van der Waals surface area contributed by atoms with E-state index < -0.39 is 6.10 Å². The van der Waals surface area contributed by atoms with Gasteiger partial charge in [0.05, 0.1) is 12.1 Å². The number of fused-ring (bicyclic) bond motifs is 1. The number of benzene rings is 2. The van der Waals surface area contributed by atoms with Crippen LogP contribution >= 0.6 is 0 Å². The lowest BCUT2D eigenvalue weighted by Crippen LogP contribution is -2.50. The molecule has 1 aliphatic carbocycles. The van der Waals surface area contributed by atoms with Crippen LogP contribution in [0.1, 0.15) is 24.8 Å². The van der Waals surface area contributed by atoms with E-state index in [0.717, 1.165) is 40.6 Å². The summed E-state index contributed by atoms with van der Waals surface area (Å²) in [4.78, 5) is 15.6. The van der Waals surface area contributed by atoms with E-state index in [0.29, 0.717) is 12.8 Å². The molecular weight excluding hydrogens is 331 g/mol. The van der Waals surface area contributed by atoms with Crippen LogP contribution in [0.5, 0.6) is 0 Å². The molecule has 0 radical (unpaired) electrons. The Morgan fingerprint density at radius 1 is 1.15 bits per heavy atom. The zero-order chi connectivity index (χ0) is 18.1. The summed E-state index contributed by atoms with van der Waals surface area (Å²) in [6, 6.07) is 14.2. The van der Waals surface area contributed by atoms with E-state index in [9.17, 15) is 14.3 Å². The van der Waals surface area contributed by atoms with Crippen molar-refractivity contribution in [3.05, 3.63) is 59.9 Å². The summed E-state index contributed by atoms with van der Waals surface area (Å²) in [6.07, 6.45) is 2.09. The van der Waals surface area contributed by atoms with E-state index >= 15 is 0 Å². The minimum Gasteiger partial charge on any atom is -0.391 e. The van der Waals surface area contributed by atoms with Crippen molar-refractivity contribution in [3.63, 3.8) is 0 Å². The van der Waals surface area contributed by atoms with E-state index in [1.165, 1.54) is 12.1 Å². The maximum atomic E-state index is 13.3. The minimum absolute atomic E-state index is 0.0518. The Hall–Kier alpha value is -2.66. The third kappa shape index (κ3) is 3.22. The van der Waals surface area contributed by atoms with Gasteiger partial charge in [0, 0.05) is 23.0 Å². The fraction of sp³-hybridized carbons (Fsp3) is 0.286. The first kappa shape index (κ1) is 16.8. The van der Waals surface area contributed by atoms with Gasteiger partial charge in [-0.1, -0.05) is 18.2 Å². The molecule has 0 spiro atoms. The highest BCUT2D eigenvalue weighted by molar-refractivity contribution is 5.91. The van der Waals surface area contributed by atoms with E-state index in [4.69, 9.17) is 0 Å². The molecule has 0 aliphatic heterocycles. The van der Waals surface area contributed by atoms with Crippen molar-refractivity contribution in [1.29, 1.82) is 0 Å². The number of H-pyrrole nitrogens is 1. The normalized spacial score (nSPS) is 19.3. The molecule has 0 saturated heterocycles. The number of aromatic nitrogens is 1. The van der Waals surface area contributed by atoms with Gasteiger partial charge in [-0.15, -0.1) is 0 Å². The topological polar surface area (TPSA) is 65.1 Å². The first-order valence-electron chi connectivity index (χ1n) is 8.95. The molecule has 0 bridgehead atoms. The zero-order valence-electron chi connectivity index (χ0n) is 14.3. The molecule has 1 aliphatic rings. The van der Waals surface area contributed by atoms with Crippen molar-refractivity contribution in [1.82, 2.24) is 10.3 Å². The van der Waals surface area contributed by atoms with E-state index in [-0.39, 0.29) is 17.8 Å². The second kappa shape index (κ2) is 6.92. The number of rotatable bonds is 5. The van der Waals surface area contributed by atoms with Crippen LogP contribution in [0, 0.1) is 5.82 Å². The Kier molecular flexibility index (Phi) is 4.47. The molecule has 2 atom stereocenters. The third-order valence-corrected chi connectivity index (χ3v) is 5.13. The van der Waals surface area contributed by atoms with Crippen LogP contribution in [-0.2, 0) is 11.2 Å². The van der Waals surface area contributed by atoms with Crippen LogP contribution in [0.3, 0.4) is 0 Å². The molecule has 1 fully saturated rings. The van der Waals surface area contributed by atoms with E-state index in [1.807, 2.05) is 24.3 Å². The van der Waals surface area contributed by atoms with Gasteiger partial charge in [-0.25, -0.2) is 4.39 Å². The smallest absolute Gasteiger partial charge is 0.220 e. The molecular formula is C21H21FN2O2. The molecule has 3 aromatic rings. The molecule has 1 aromatic heterocycles. The average molecular weight is 352 g/mol. The Morgan fingerprint density at radius 2 is 1.92 bits per heavy atom. The van der Waals surface area contributed by atoms with Crippen LogP contribution in [0.2, 0.25) is 0 Å². The largest absolute Gasteiger partial charge is 0.391 e.